The summed E-state index contributed by atoms with van der Waals surface area (Å²) in [6, 6.07) is 5.13. The Bertz CT molecular complexity index is 636. The third-order valence-electron chi connectivity index (χ3n) is 4.37. The van der Waals surface area contributed by atoms with Crippen LogP contribution in [-0.2, 0) is 11.2 Å². The van der Waals surface area contributed by atoms with Crippen molar-refractivity contribution in [1.82, 2.24) is 10.2 Å². The Morgan fingerprint density at radius 2 is 2.15 bits per heavy atom. The quantitative estimate of drug-likeness (QED) is 0.824. The van der Waals surface area contributed by atoms with Gasteiger partial charge in [0, 0.05) is 21.1 Å². The van der Waals surface area contributed by atoms with E-state index in [-0.39, 0.29) is 18.9 Å². The summed E-state index contributed by atoms with van der Waals surface area (Å²) in [4.78, 5) is 14.3. The first-order valence-electron chi connectivity index (χ1n) is 9.25. The fraction of sp³-hybridized carbons (Fsp3) is 0.650. The van der Waals surface area contributed by atoms with E-state index in [1.54, 1.807) is 12.1 Å². The molecule has 1 aromatic carbocycles. The minimum atomic E-state index is -0.504. The summed E-state index contributed by atoms with van der Waals surface area (Å²) in [7, 11) is 0. The molecule has 1 heterocycles. The maximum atomic E-state index is 13.9. The molecule has 1 amide bonds. The van der Waals surface area contributed by atoms with Crippen LogP contribution < -0.4 is 10.1 Å². The van der Waals surface area contributed by atoms with Gasteiger partial charge in [0.2, 0.25) is 0 Å². The maximum absolute atomic E-state index is 13.9. The van der Waals surface area contributed by atoms with E-state index in [1.807, 2.05) is 40.7 Å². The molecule has 0 radical (unpaired) electrons. The molecule has 2 rings (SSSR count). The molecular weight excluding hydrogens is 335 g/mol. The lowest BCUT2D eigenvalue weighted by molar-refractivity contribution is 0.0467. The number of rotatable bonds is 6. The number of likely N-dealkylation sites (tertiary alicyclic amines) is 1. The first kappa shape index (κ1) is 20.5. The number of carbonyl (C=O) groups excluding carboxylic acids is 1. The van der Waals surface area contributed by atoms with Crippen molar-refractivity contribution in [3.63, 3.8) is 0 Å². The molecule has 6 heteroatoms. The summed E-state index contributed by atoms with van der Waals surface area (Å²) in [5.41, 5.74) is 0.141. The van der Waals surface area contributed by atoms with Crippen LogP contribution in [0.25, 0.3) is 0 Å². The molecule has 0 aliphatic carbocycles. The number of ether oxygens (including phenoxy) is 2. The Kier molecular flexibility index (Phi) is 6.50. The van der Waals surface area contributed by atoms with Crippen molar-refractivity contribution >= 4 is 6.09 Å². The Morgan fingerprint density at radius 1 is 1.42 bits per heavy atom. The molecule has 1 N–H and O–H groups in total. The molecule has 1 aromatic rings. The average Bonchev–Trinajstić information content (AvgIpc) is 2.86. The number of nitrogens with zero attached hydrogens (tertiary/aromatic N) is 1. The van der Waals surface area contributed by atoms with E-state index < -0.39 is 5.60 Å². The molecule has 0 bridgehead atoms. The lowest BCUT2D eigenvalue weighted by atomic mass is 10.0. The number of nitrogens with one attached hydrogen (secondary N) is 1. The standard InChI is InChI=1S/C20H31FN2O3.H2/c1-6-25-17-8-7-15(13-16(17)21)9-11-23-12-10-20(5,14-23)22-18(24)26-19(2,3)4;/h7-8,13H,6,9-12,14H2,1-5H3,(H,22,24);1H/t20-;/m1./s1. The summed E-state index contributed by atoms with van der Waals surface area (Å²) in [5, 5.41) is 2.99. The summed E-state index contributed by atoms with van der Waals surface area (Å²) >= 11 is 0. The molecular formula is C20H33FN2O3. The van der Waals surface area contributed by atoms with E-state index in [2.05, 4.69) is 10.2 Å². The topological polar surface area (TPSA) is 50.8 Å². The minimum Gasteiger partial charge on any atom is -0.491 e. The second kappa shape index (κ2) is 8.25. The van der Waals surface area contributed by atoms with Gasteiger partial charge < -0.3 is 19.7 Å². The predicted octanol–water partition coefficient (Wildman–Crippen LogP) is 4.00. The number of alkyl carbamates (subject to hydrolysis) is 1. The lowest BCUT2D eigenvalue weighted by Crippen LogP contribution is -2.49. The highest BCUT2D eigenvalue weighted by Crippen LogP contribution is 2.23. The van der Waals surface area contributed by atoms with Gasteiger partial charge in [0.15, 0.2) is 11.6 Å². The molecule has 5 nitrogen and oxygen atoms in total. The maximum Gasteiger partial charge on any atom is 0.408 e. The molecule has 0 spiro atoms. The van der Waals surface area contributed by atoms with Crippen LogP contribution in [0.1, 0.15) is 48.0 Å². The molecule has 1 saturated heterocycles. The van der Waals surface area contributed by atoms with Gasteiger partial charge in [-0.15, -0.1) is 0 Å². The summed E-state index contributed by atoms with van der Waals surface area (Å²) < 4.78 is 24.5. The van der Waals surface area contributed by atoms with Crippen molar-refractivity contribution < 1.29 is 20.1 Å². The molecule has 1 aliphatic rings. The number of benzene rings is 1. The zero-order chi connectivity index (χ0) is 19.4. The smallest absolute Gasteiger partial charge is 0.408 e. The van der Waals surface area contributed by atoms with Gasteiger partial charge in [-0.3, -0.25) is 0 Å². The first-order valence-corrected chi connectivity index (χ1v) is 9.25. The van der Waals surface area contributed by atoms with E-state index >= 15 is 0 Å². The summed E-state index contributed by atoms with van der Waals surface area (Å²) in [6.07, 6.45) is 1.24. The second-order valence-electron chi connectivity index (χ2n) is 8.16. The zero-order valence-electron chi connectivity index (χ0n) is 16.5. The van der Waals surface area contributed by atoms with Crippen LogP contribution in [0.3, 0.4) is 0 Å². The molecule has 0 unspecified atom stereocenters. The third-order valence-corrected chi connectivity index (χ3v) is 4.37. The normalized spacial score (nSPS) is 20.8. The number of hydrogen-bond donors (Lipinski definition) is 1. The molecule has 1 fully saturated rings. The van der Waals surface area contributed by atoms with Crippen molar-refractivity contribution in [2.75, 3.05) is 26.2 Å². The minimum absolute atomic E-state index is 0. The molecule has 148 valence electrons. The Balaban J connectivity index is 0.00000364. The van der Waals surface area contributed by atoms with Gasteiger partial charge in [-0.1, -0.05) is 6.07 Å². The molecule has 26 heavy (non-hydrogen) atoms. The van der Waals surface area contributed by atoms with E-state index in [4.69, 9.17) is 9.47 Å². The van der Waals surface area contributed by atoms with Crippen LogP contribution in [-0.4, -0.2) is 48.4 Å². The lowest BCUT2D eigenvalue weighted by Gasteiger charge is -2.28. The fourth-order valence-corrected chi connectivity index (χ4v) is 3.16. The number of amides is 1. The van der Waals surface area contributed by atoms with Crippen LogP contribution in [0.5, 0.6) is 5.75 Å². The van der Waals surface area contributed by atoms with E-state index in [1.165, 1.54) is 0 Å². The van der Waals surface area contributed by atoms with Gasteiger partial charge in [0.1, 0.15) is 5.60 Å². The van der Waals surface area contributed by atoms with E-state index in [9.17, 15) is 9.18 Å². The van der Waals surface area contributed by atoms with Gasteiger partial charge in [0.25, 0.3) is 0 Å². The Hall–Kier alpha value is -1.82. The monoisotopic (exact) mass is 368 g/mol. The molecule has 0 aromatic heterocycles. The predicted molar refractivity (Wildman–Crippen MR) is 102 cm³/mol. The van der Waals surface area contributed by atoms with Crippen molar-refractivity contribution in [3.05, 3.63) is 29.6 Å². The molecule has 0 saturated carbocycles. The largest absolute Gasteiger partial charge is 0.491 e. The fourth-order valence-electron chi connectivity index (χ4n) is 3.16. The highest BCUT2D eigenvalue weighted by Gasteiger charge is 2.36. The number of hydrogen-bond acceptors (Lipinski definition) is 4. The van der Waals surface area contributed by atoms with Crippen molar-refractivity contribution in [1.29, 1.82) is 0 Å². The second-order valence-corrected chi connectivity index (χ2v) is 8.16. The zero-order valence-corrected chi connectivity index (χ0v) is 16.5. The first-order chi connectivity index (χ1) is 12.1. The molecule has 1 aliphatic heterocycles. The third kappa shape index (κ3) is 6.16. The van der Waals surface area contributed by atoms with Gasteiger partial charge in [-0.05, 0) is 65.2 Å². The van der Waals surface area contributed by atoms with E-state index in [0.717, 1.165) is 38.0 Å². The van der Waals surface area contributed by atoms with Gasteiger partial charge in [-0.25, -0.2) is 9.18 Å². The SMILES string of the molecule is CCOc1ccc(CCN2CC[C@@](C)(NC(=O)OC(C)(C)C)C2)cc1F.[HH]. The number of carbonyl (C=O) groups is 1. The molecule has 1 atom stereocenters. The number of halogens is 1. The van der Waals surface area contributed by atoms with Crippen LogP contribution in [0, 0.1) is 5.82 Å². The Morgan fingerprint density at radius 3 is 2.77 bits per heavy atom. The van der Waals surface area contributed by atoms with Gasteiger partial charge in [-0.2, -0.15) is 0 Å². The van der Waals surface area contributed by atoms with Crippen LogP contribution in [0.2, 0.25) is 0 Å². The average molecular weight is 368 g/mol. The van der Waals surface area contributed by atoms with Gasteiger partial charge >= 0.3 is 6.09 Å². The van der Waals surface area contributed by atoms with Crippen molar-refractivity contribution in [2.24, 2.45) is 0 Å². The summed E-state index contributed by atoms with van der Waals surface area (Å²) in [5.74, 6) is -0.0197. The van der Waals surface area contributed by atoms with Crippen LogP contribution >= 0.6 is 0 Å². The van der Waals surface area contributed by atoms with Crippen molar-refractivity contribution in [3.8, 4) is 5.75 Å². The Labute approximate surface area is 157 Å². The van der Waals surface area contributed by atoms with Gasteiger partial charge in [0.05, 0.1) is 12.1 Å². The van der Waals surface area contributed by atoms with Crippen molar-refractivity contribution in [2.45, 2.75) is 58.6 Å². The highest BCUT2D eigenvalue weighted by atomic mass is 19.1. The summed E-state index contributed by atoms with van der Waals surface area (Å²) in [6.45, 7) is 12.4. The van der Waals surface area contributed by atoms with Crippen LogP contribution in [0.15, 0.2) is 18.2 Å². The van der Waals surface area contributed by atoms with E-state index in [0.29, 0.717) is 12.4 Å². The van der Waals surface area contributed by atoms with Crippen LogP contribution in [0.4, 0.5) is 9.18 Å². The highest BCUT2D eigenvalue weighted by molar-refractivity contribution is 5.68.